The van der Waals surface area contributed by atoms with E-state index in [1.165, 1.54) is 24.3 Å². The van der Waals surface area contributed by atoms with Crippen LogP contribution < -0.4 is 0 Å². The SMILES string of the molecule is CC(C)=CC(=O)c1cc([C@H](C)O[C@@H](C)c2ccc(O)c(C(=O)C=C(C)C)c2)ccc1O. The summed E-state index contributed by atoms with van der Waals surface area (Å²) >= 11 is 0. The molecule has 0 aliphatic carbocycles. The van der Waals surface area contributed by atoms with E-state index in [-0.39, 0.29) is 46.4 Å². The highest BCUT2D eigenvalue weighted by Crippen LogP contribution is 2.31. The molecule has 0 unspecified atom stereocenters. The molecule has 2 atom stereocenters. The summed E-state index contributed by atoms with van der Waals surface area (Å²) in [4.78, 5) is 24.7. The molecule has 2 aromatic rings. The Morgan fingerprint density at radius 1 is 0.742 bits per heavy atom. The molecule has 0 amide bonds. The van der Waals surface area contributed by atoms with E-state index >= 15 is 0 Å². The van der Waals surface area contributed by atoms with Crippen LogP contribution in [-0.2, 0) is 4.74 Å². The molecule has 0 radical (unpaired) electrons. The maximum Gasteiger partial charge on any atom is 0.189 e. The van der Waals surface area contributed by atoms with Crippen LogP contribution in [0, 0.1) is 0 Å². The van der Waals surface area contributed by atoms with Crippen LogP contribution in [0.1, 0.15) is 85.6 Å². The number of carbonyl (C=O) groups is 2. The maximum atomic E-state index is 12.4. The minimum Gasteiger partial charge on any atom is -0.507 e. The Labute approximate surface area is 183 Å². The van der Waals surface area contributed by atoms with Gasteiger partial charge >= 0.3 is 0 Å². The van der Waals surface area contributed by atoms with Crippen LogP contribution in [0.25, 0.3) is 0 Å². The second kappa shape index (κ2) is 10.2. The Bertz CT molecular complexity index is 954. The Balaban J connectivity index is 2.26. The topological polar surface area (TPSA) is 83.8 Å². The summed E-state index contributed by atoms with van der Waals surface area (Å²) in [6.45, 7) is 11.0. The second-order valence-electron chi connectivity index (χ2n) is 8.15. The molecule has 0 bridgehead atoms. The van der Waals surface area contributed by atoms with Crippen LogP contribution in [0.15, 0.2) is 59.7 Å². The fourth-order valence-corrected chi connectivity index (χ4v) is 3.15. The third kappa shape index (κ3) is 6.40. The number of carbonyl (C=O) groups excluding carboxylic acids is 2. The van der Waals surface area contributed by atoms with E-state index in [1.807, 2.05) is 41.5 Å². The fourth-order valence-electron chi connectivity index (χ4n) is 3.15. The lowest BCUT2D eigenvalue weighted by Gasteiger charge is -2.21. The van der Waals surface area contributed by atoms with Gasteiger partial charge in [-0.3, -0.25) is 9.59 Å². The molecular weight excluding hydrogens is 392 g/mol. The fraction of sp³-hybridized carbons (Fsp3) is 0.308. The van der Waals surface area contributed by atoms with Crippen molar-refractivity contribution in [1.29, 1.82) is 0 Å². The van der Waals surface area contributed by atoms with Crippen LogP contribution in [0.2, 0.25) is 0 Å². The number of hydrogen-bond acceptors (Lipinski definition) is 5. The highest BCUT2D eigenvalue weighted by atomic mass is 16.5. The highest BCUT2D eigenvalue weighted by molar-refractivity contribution is 6.07. The molecule has 0 aliphatic rings. The molecule has 2 aromatic carbocycles. The van der Waals surface area contributed by atoms with E-state index < -0.39 is 0 Å². The first kappa shape index (κ1) is 24.1. The molecule has 5 nitrogen and oxygen atoms in total. The standard InChI is InChI=1S/C26H30O5/c1-15(2)11-25(29)21-13-19(7-9-23(21)27)17(5)31-18(6)20-8-10-24(28)22(14-20)26(30)12-16(3)4/h7-14,17-18,27-28H,1-6H3/t17-,18-/m0/s1. The quantitative estimate of drug-likeness (QED) is 0.389. The van der Waals surface area contributed by atoms with Crippen molar-refractivity contribution in [2.45, 2.75) is 53.8 Å². The Morgan fingerprint density at radius 2 is 1.10 bits per heavy atom. The molecule has 0 saturated carbocycles. The minimum atomic E-state index is -0.375. The van der Waals surface area contributed by atoms with Gasteiger partial charge in [-0.05, 0) is 89.1 Å². The van der Waals surface area contributed by atoms with Crippen LogP contribution in [0.5, 0.6) is 11.5 Å². The van der Waals surface area contributed by atoms with Gasteiger partial charge in [0.1, 0.15) is 11.5 Å². The van der Waals surface area contributed by atoms with Crippen molar-refractivity contribution in [2.75, 3.05) is 0 Å². The Hall–Kier alpha value is -3.18. The largest absolute Gasteiger partial charge is 0.507 e. The number of aromatic hydroxyl groups is 2. The third-order valence-electron chi connectivity index (χ3n) is 4.76. The molecule has 0 fully saturated rings. The molecular formula is C26H30O5. The maximum absolute atomic E-state index is 12.4. The van der Waals surface area contributed by atoms with Gasteiger partial charge in [0.2, 0.25) is 0 Å². The molecule has 164 valence electrons. The normalized spacial score (nSPS) is 12.6. The average molecular weight is 423 g/mol. The van der Waals surface area contributed by atoms with E-state index in [2.05, 4.69) is 0 Å². The summed E-state index contributed by atoms with van der Waals surface area (Å²) in [5.74, 6) is -0.680. The van der Waals surface area contributed by atoms with Gasteiger partial charge in [0, 0.05) is 0 Å². The van der Waals surface area contributed by atoms with Gasteiger partial charge in [0.25, 0.3) is 0 Å². The molecule has 0 aliphatic heterocycles. The van der Waals surface area contributed by atoms with Gasteiger partial charge in [-0.15, -0.1) is 0 Å². The first-order chi connectivity index (χ1) is 14.5. The van der Waals surface area contributed by atoms with Crippen molar-refractivity contribution >= 4 is 11.6 Å². The summed E-state index contributed by atoms with van der Waals surface area (Å²) in [5, 5.41) is 20.2. The van der Waals surface area contributed by atoms with E-state index in [0.29, 0.717) is 0 Å². The smallest absolute Gasteiger partial charge is 0.189 e. The number of benzene rings is 2. The van der Waals surface area contributed by atoms with E-state index in [4.69, 9.17) is 4.74 Å². The first-order valence-electron chi connectivity index (χ1n) is 10.2. The van der Waals surface area contributed by atoms with Gasteiger partial charge < -0.3 is 14.9 Å². The summed E-state index contributed by atoms with van der Waals surface area (Å²) < 4.78 is 6.12. The number of ketones is 2. The number of phenols is 2. The third-order valence-corrected chi connectivity index (χ3v) is 4.76. The first-order valence-corrected chi connectivity index (χ1v) is 10.2. The number of hydrogen-bond donors (Lipinski definition) is 2. The summed E-state index contributed by atoms with van der Waals surface area (Å²) in [6.07, 6.45) is 2.21. The van der Waals surface area contributed by atoms with Gasteiger partial charge in [-0.1, -0.05) is 23.3 Å². The molecule has 2 rings (SSSR count). The van der Waals surface area contributed by atoms with Crippen molar-refractivity contribution in [3.05, 3.63) is 82.0 Å². The van der Waals surface area contributed by atoms with Crippen molar-refractivity contribution in [2.24, 2.45) is 0 Å². The number of rotatable bonds is 8. The van der Waals surface area contributed by atoms with Crippen molar-refractivity contribution < 1.29 is 24.5 Å². The van der Waals surface area contributed by atoms with E-state index in [0.717, 1.165) is 22.3 Å². The van der Waals surface area contributed by atoms with Gasteiger partial charge in [0.05, 0.1) is 23.3 Å². The van der Waals surface area contributed by atoms with E-state index in [1.54, 1.807) is 24.3 Å². The van der Waals surface area contributed by atoms with Crippen LogP contribution in [0.3, 0.4) is 0 Å². The van der Waals surface area contributed by atoms with Gasteiger partial charge in [-0.25, -0.2) is 0 Å². The van der Waals surface area contributed by atoms with Gasteiger partial charge in [0.15, 0.2) is 11.6 Å². The van der Waals surface area contributed by atoms with Crippen molar-refractivity contribution in [1.82, 2.24) is 0 Å². The van der Waals surface area contributed by atoms with Gasteiger partial charge in [-0.2, -0.15) is 0 Å². The number of allylic oxidation sites excluding steroid dienone is 4. The lowest BCUT2D eigenvalue weighted by Crippen LogP contribution is -2.08. The van der Waals surface area contributed by atoms with Crippen LogP contribution >= 0.6 is 0 Å². The molecule has 0 heterocycles. The zero-order valence-electron chi connectivity index (χ0n) is 18.9. The summed E-state index contributed by atoms with van der Waals surface area (Å²) in [6, 6.07) is 9.68. The Kier molecular flexibility index (Phi) is 7.95. The lowest BCUT2D eigenvalue weighted by atomic mass is 10.0. The average Bonchev–Trinajstić information content (AvgIpc) is 2.67. The van der Waals surface area contributed by atoms with E-state index in [9.17, 15) is 19.8 Å². The number of phenolic OH excluding ortho intramolecular Hbond substituents is 2. The molecule has 0 saturated heterocycles. The zero-order valence-corrected chi connectivity index (χ0v) is 18.9. The predicted molar refractivity (Wildman–Crippen MR) is 122 cm³/mol. The Morgan fingerprint density at radius 3 is 1.42 bits per heavy atom. The van der Waals surface area contributed by atoms with Crippen molar-refractivity contribution in [3.63, 3.8) is 0 Å². The highest BCUT2D eigenvalue weighted by Gasteiger charge is 2.18. The molecule has 0 aromatic heterocycles. The molecule has 2 N–H and O–H groups in total. The zero-order chi connectivity index (χ0) is 23.3. The second-order valence-corrected chi connectivity index (χ2v) is 8.15. The van der Waals surface area contributed by atoms with Crippen LogP contribution in [0.4, 0.5) is 0 Å². The van der Waals surface area contributed by atoms with Crippen LogP contribution in [-0.4, -0.2) is 21.8 Å². The molecule has 31 heavy (non-hydrogen) atoms. The lowest BCUT2D eigenvalue weighted by molar-refractivity contribution is 0.00579. The predicted octanol–water partition coefficient (Wildman–Crippen LogP) is 6.23. The van der Waals surface area contributed by atoms with Crippen molar-refractivity contribution in [3.8, 4) is 11.5 Å². The summed E-state index contributed by atoms with van der Waals surface area (Å²) in [7, 11) is 0. The number of ether oxygens (including phenoxy) is 1. The monoisotopic (exact) mass is 422 g/mol. The molecule has 5 heteroatoms. The minimum absolute atomic E-state index is 0.0764. The molecule has 0 spiro atoms. The summed E-state index contributed by atoms with van der Waals surface area (Å²) in [5.41, 5.74) is 3.63.